The van der Waals surface area contributed by atoms with Crippen LogP contribution in [0, 0.1) is 0 Å². The minimum Gasteiger partial charge on any atom is -0.369 e. The second-order valence-corrected chi connectivity index (χ2v) is 4.93. The second-order valence-electron chi connectivity index (χ2n) is 4.93. The molecule has 96 valence electrons. The molecule has 1 rings (SSSR count). The van der Waals surface area contributed by atoms with Crippen molar-refractivity contribution < 1.29 is 9.53 Å². The molecule has 0 aliphatic carbocycles. The van der Waals surface area contributed by atoms with Gasteiger partial charge in [-0.1, -0.05) is 0 Å². The first-order chi connectivity index (χ1) is 7.84. The summed E-state index contributed by atoms with van der Waals surface area (Å²) in [5.41, 5.74) is 0.602. The molecule has 17 heavy (non-hydrogen) atoms. The number of amides is 1. The zero-order valence-electron chi connectivity index (χ0n) is 11.2. The van der Waals surface area contributed by atoms with E-state index in [4.69, 9.17) is 4.74 Å². The molecular weight excluding hydrogens is 218 g/mol. The Kier molecular flexibility index (Phi) is 4.28. The molecule has 5 nitrogen and oxygen atoms in total. The van der Waals surface area contributed by atoms with Gasteiger partial charge in [-0.05, 0) is 34.6 Å². The summed E-state index contributed by atoms with van der Waals surface area (Å²) in [5.74, 6) is -0.152. The van der Waals surface area contributed by atoms with Gasteiger partial charge in [0.1, 0.15) is 6.10 Å². The highest BCUT2D eigenvalue weighted by Crippen LogP contribution is 2.15. The number of anilines is 1. The van der Waals surface area contributed by atoms with E-state index in [2.05, 4.69) is 31.2 Å². The molecule has 1 amide bonds. The van der Waals surface area contributed by atoms with Crippen molar-refractivity contribution in [2.45, 2.75) is 46.3 Å². The Hall–Kier alpha value is -1.36. The molecule has 1 aromatic rings. The third-order valence-corrected chi connectivity index (χ3v) is 2.32. The van der Waals surface area contributed by atoms with Crippen LogP contribution in [0.3, 0.4) is 0 Å². The Bertz CT molecular complexity index is 379. The minimum absolute atomic E-state index is 0.0888. The first-order valence-corrected chi connectivity index (χ1v) is 5.82. The average Bonchev–Trinajstić information content (AvgIpc) is 2.66. The molecule has 5 heteroatoms. The van der Waals surface area contributed by atoms with Crippen LogP contribution in [0.15, 0.2) is 12.4 Å². The van der Waals surface area contributed by atoms with Crippen molar-refractivity contribution in [1.82, 2.24) is 9.78 Å². The lowest BCUT2D eigenvalue weighted by Gasteiger charge is -2.18. The molecule has 0 spiro atoms. The smallest absolute Gasteiger partial charge is 0.253 e. The molecule has 0 aliphatic heterocycles. The third-order valence-electron chi connectivity index (χ3n) is 2.32. The highest BCUT2D eigenvalue weighted by molar-refractivity contribution is 5.93. The maximum Gasteiger partial charge on any atom is 0.253 e. The van der Waals surface area contributed by atoms with E-state index >= 15 is 0 Å². The molecule has 0 bridgehead atoms. The quantitative estimate of drug-likeness (QED) is 0.874. The van der Waals surface area contributed by atoms with Crippen LogP contribution in [0.25, 0.3) is 0 Å². The number of hydrogen-bond donors (Lipinski definition) is 1. The van der Waals surface area contributed by atoms with Crippen LogP contribution in [0.1, 0.15) is 34.6 Å². The number of carbonyl (C=O) groups excluding carboxylic acids is 1. The molecule has 1 aromatic heterocycles. The van der Waals surface area contributed by atoms with E-state index < -0.39 is 6.10 Å². The van der Waals surface area contributed by atoms with Crippen molar-refractivity contribution in [2.24, 2.45) is 0 Å². The topological polar surface area (TPSA) is 56.1 Å². The number of carbonyl (C=O) groups is 1. The summed E-state index contributed by atoms with van der Waals surface area (Å²) in [7, 11) is 0. The van der Waals surface area contributed by atoms with Gasteiger partial charge in [0.25, 0.3) is 5.91 Å². The fourth-order valence-electron chi connectivity index (χ4n) is 1.32. The molecule has 1 N–H and O–H groups in total. The lowest BCUT2D eigenvalue weighted by molar-refractivity contribution is -0.126. The van der Waals surface area contributed by atoms with Crippen LogP contribution in [0.5, 0.6) is 0 Å². The molecule has 1 unspecified atom stereocenters. The Labute approximate surface area is 102 Å². The zero-order valence-corrected chi connectivity index (χ0v) is 11.2. The number of rotatable bonds is 4. The van der Waals surface area contributed by atoms with Gasteiger partial charge in [0.2, 0.25) is 0 Å². The van der Waals surface area contributed by atoms with Gasteiger partial charge in [-0.15, -0.1) is 0 Å². The molecule has 0 aromatic carbocycles. The first-order valence-electron chi connectivity index (χ1n) is 5.82. The van der Waals surface area contributed by atoms with Crippen molar-refractivity contribution in [3.8, 4) is 0 Å². The molecule has 0 saturated heterocycles. The number of ether oxygens (including phenoxy) is 1. The summed E-state index contributed by atoms with van der Waals surface area (Å²) >= 11 is 0. The van der Waals surface area contributed by atoms with E-state index in [1.54, 1.807) is 13.1 Å². The summed E-state index contributed by atoms with van der Waals surface area (Å²) in [4.78, 5) is 11.7. The van der Waals surface area contributed by atoms with Gasteiger partial charge in [-0.25, -0.2) is 0 Å². The summed E-state index contributed by atoms with van der Waals surface area (Å²) in [6.45, 7) is 10.3. The Morgan fingerprint density at radius 3 is 2.71 bits per heavy atom. The zero-order chi connectivity index (χ0) is 13.1. The molecule has 0 fully saturated rings. The van der Waals surface area contributed by atoms with Gasteiger partial charge < -0.3 is 10.1 Å². The monoisotopic (exact) mass is 239 g/mol. The van der Waals surface area contributed by atoms with Crippen LogP contribution in [-0.4, -0.2) is 28.4 Å². The summed E-state index contributed by atoms with van der Waals surface area (Å²) in [6, 6.07) is 0. The van der Waals surface area contributed by atoms with E-state index in [0.717, 1.165) is 0 Å². The van der Waals surface area contributed by atoms with Crippen LogP contribution < -0.4 is 5.32 Å². The summed E-state index contributed by atoms with van der Waals surface area (Å²) in [5, 5.41) is 6.98. The average molecular weight is 239 g/mol. The van der Waals surface area contributed by atoms with Gasteiger partial charge in [-0.3, -0.25) is 9.48 Å². The number of nitrogens with zero attached hydrogens (tertiary/aromatic N) is 2. The molecule has 0 aliphatic rings. The van der Waals surface area contributed by atoms with E-state index in [9.17, 15) is 4.79 Å². The van der Waals surface area contributed by atoms with Crippen molar-refractivity contribution >= 4 is 11.6 Å². The predicted octanol–water partition coefficient (Wildman–Crippen LogP) is 2.00. The Morgan fingerprint density at radius 1 is 1.59 bits per heavy atom. The molecule has 1 atom stereocenters. The maximum atomic E-state index is 11.7. The highest BCUT2D eigenvalue weighted by atomic mass is 16.5. The second kappa shape index (κ2) is 5.31. The SMILES string of the molecule is CCOC(C)C(=O)Nc1cnn(C(C)(C)C)c1. The third kappa shape index (κ3) is 3.85. The van der Waals surface area contributed by atoms with Crippen molar-refractivity contribution in [3.05, 3.63) is 12.4 Å². The van der Waals surface area contributed by atoms with E-state index in [1.165, 1.54) is 0 Å². The predicted molar refractivity (Wildman–Crippen MR) is 66.9 cm³/mol. The van der Waals surface area contributed by atoms with Crippen LogP contribution >= 0.6 is 0 Å². The van der Waals surface area contributed by atoms with Crippen LogP contribution in [-0.2, 0) is 15.1 Å². The normalized spacial score (nSPS) is 13.5. The van der Waals surface area contributed by atoms with Crippen molar-refractivity contribution in [3.63, 3.8) is 0 Å². The van der Waals surface area contributed by atoms with Crippen LogP contribution in [0.4, 0.5) is 5.69 Å². The van der Waals surface area contributed by atoms with Gasteiger partial charge in [0.15, 0.2) is 0 Å². The fraction of sp³-hybridized carbons (Fsp3) is 0.667. The first kappa shape index (κ1) is 13.7. The maximum absolute atomic E-state index is 11.7. The van der Waals surface area contributed by atoms with E-state index in [-0.39, 0.29) is 11.4 Å². The standard InChI is InChI=1S/C12H21N3O2/c1-6-17-9(2)11(16)14-10-7-13-15(8-10)12(3,4)5/h7-9H,6H2,1-5H3,(H,14,16). The molecule has 0 radical (unpaired) electrons. The lowest BCUT2D eigenvalue weighted by Crippen LogP contribution is -2.27. The van der Waals surface area contributed by atoms with E-state index in [1.807, 2.05) is 17.8 Å². The molecular formula is C12H21N3O2. The van der Waals surface area contributed by atoms with Gasteiger partial charge in [0.05, 0.1) is 17.4 Å². The van der Waals surface area contributed by atoms with E-state index in [0.29, 0.717) is 12.3 Å². The Balaban J connectivity index is 2.64. The van der Waals surface area contributed by atoms with Gasteiger partial charge in [-0.2, -0.15) is 5.10 Å². The molecule has 1 heterocycles. The Morgan fingerprint density at radius 2 is 2.24 bits per heavy atom. The summed E-state index contributed by atoms with van der Waals surface area (Å²) in [6.07, 6.45) is 3.01. The highest BCUT2D eigenvalue weighted by Gasteiger charge is 2.17. The summed E-state index contributed by atoms with van der Waals surface area (Å²) < 4.78 is 7.02. The van der Waals surface area contributed by atoms with Crippen molar-refractivity contribution in [1.29, 1.82) is 0 Å². The van der Waals surface area contributed by atoms with Gasteiger partial charge in [0, 0.05) is 12.8 Å². The minimum atomic E-state index is -0.446. The lowest BCUT2D eigenvalue weighted by atomic mass is 10.1. The van der Waals surface area contributed by atoms with Crippen LogP contribution in [0.2, 0.25) is 0 Å². The number of aromatic nitrogens is 2. The number of hydrogen-bond acceptors (Lipinski definition) is 3. The van der Waals surface area contributed by atoms with Gasteiger partial charge >= 0.3 is 0 Å². The van der Waals surface area contributed by atoms with Crippen molar-refractivity contribution in [2.75, 3.05) is 11.9 Å². The fourth-order valence-corrected chi connectivity index (χ4v) is 1.32. The largest absolute Gasteiger partial charge is 0.369 e. The number of nitrogens with one attached hydrogen (secondary N) is 1. The molecule has 0 saturated carbocycles.